The molecule has 0 bridgehead atoms. The highest BCUT2D eigenvalue weighted by Crippen LogP contribution is 2.32. The Balaban J connectivity index is 1.48. The molecule has 166 valence electrons. The highest BCUT2D eigenvalue weighted by atomic mass is 35.5. The summed E-state index contributed by atoms with van der Waals surface area (Å²) in [5, 5.41) is 12.1. The van der Waals surface area contributed by atoms with Gasteiger partial charge in [-0.3, -0.25) is 29.4 Å². The van der Waals surface area contributed by atoms with Crippen LogP contribution >= 0.6 is 23.2 Å². The minimum atomic E-state index is -1.11. The molecule has 0 spiro atoms. The Morgan fingerprint density at radius 2 is 1.84 bits per heavy atom. The first-order valence-electron chi connectivity index (χ1n) is 9.70. The molecule has 2 aliphatic heterocycles. The van der Waals surface area contributed by atoms with Crippen LogP contribution in [0.15, 0.2) is 30.5 Å². The molecule has 1 aromatic carbocycles. The number of nitro groups is 1. The molecular weight excluding hydrogens is 461 g/mol. The second-order valence-corrected chi connectivity index (χ2v) is 8.23. The van der Waals surface area contributed by atoms with Crippen LogP contribution in [0.1, 0.15) is 27.6 Å². The number of carbonyl (C=O) groups is 3. The first-order chi connectivity index (χ1) is 15.2. The van der Waals surface area contributed by atoms with Crippen LogP contribution in [0.5, 0.6) is 0 Å². The molecule has 2 aliphatic rings. The molecule has 1 unspecified atom stereocenters. The summed E-state index contributed by atoms with van der Waals surface area (Å²) < 4.78 is 0. The predicted molar refractivity (Wildman–Crippen MR) is 116 cm³/mol. The Labute approximate surface area is 192 Å². The predicted octanol–water partition coefficient (Wildman–Crippen LogP) is 2.63. The summed E-state index contributed by atoms with van der Waals surface area (Å²) in [6, 6.07) is 4.34. The van der Waals surface area contributed by atoms with Gasteiger partial charge >= 0.3 is 0 Å². The lowest BCUT2D eigenvalue weighted by molar-refractivity contribution is -0.385. The summed E-state index contributed by atoms with van der Waals surface area (Å²) in [5.74, 6) is -1.42. The maximum absolute atomic E-state index is 13.1. The zero-order chi connectivity index (χ0) is 23.2. The number of carbonyl (C=O) groups excluding carboxylic acids is 3. The molecule has 32 heavy (non-hydrogen) atoms. The van der Waals surface area contributed by atoms with Gasteiger partial charge < -0.3 is 9.80 Å². The number of hydrogen-bond acceptors (Lipinski definition) is 7. The van der Waals surface area contributed by atoms with E-state index in [0.29, 0.717) is 42.0 Å². The van der Waals surface area contributed by atoms with Gasteiger partial charge in [0.15, 0.2) is 0 Å². The van der Waals surface area contributed by atoms with E-state index in [0.717, 1.165) is 11.0 Å². The first kappa shape index (κ1) is 22.0. The van der Waals surface area contributed by atoms with Crippen LogP contribution in [0.4, 0.5) is 11.5 Å². The Morgan fingerprint density at radius 1 is 1.16 bits per heavy atom. The minimum Gasteiger partial charge on any atom is -0.352 e. The van der Waals surface area contributed by atoms with Gasteiger partial charge in [0.25, 0.3) is 17.5 Å². The summed E-state index contributed by atoms with van der Waals surface area (Å²) >= 11 is 12.1. The van der Waals surface area contributed by atoms with Crippen molar-refractivity contribution in [1.82, 2.24) is 14.8 Å². The van der Waals surface area contributed by atoms with Crippen molar-refractivity contribution in [2.45, 2.75) is 13.0 Å². The van der Waals surface area contributed by atoms with E-state index in [1.165, 1.54) is 25.3 Å². The molecular formula is C20H17Cl2N5O5. The van der Waals surface area contributed by atoms with Gasteiger partial charge in [-0.2, -0.15) is 0 Å². The zero-order valence-electron chi connectivity index (χ0n) is 16.8. The minimum absolute atomic E-state index is 0.0721. The largest absolute Gasteiger partial charge is 0.352 e. The standard InChI is InChI=1S/C20H17Cl2N5O5/c1-11(26-19(29)13-3-2-4-15(27(31)32)16(13)20(26)30)18(28)25-7-5-24(6-8-25)17-14(22)9-12(21)10-23-17/h2-4,9-11H,5-8H2,1H3. The number of nitrogens with zero attached hydrogens (tertiary/aromatic N) is 5. The Hall–Kier alpha value is -3.24. The summed E-state index contributed by atoms with van der Waals surface area (Å²) in [6.07, 6.45) is 1.49. The van der Waals surface area contributed by atoms with Crippen molar-refractivity contribution in [3.8, 4) is 0 Å². The van der Waals surface area contributed by atoms with Crippen molar-refractivity contribution in [3.05, 3.63) is 61.7 Å². The van der Waals surface area contributed by atoms with Crippen molar-refractivity contribution in [2.24, 2.45) is 0 Å². The molecule has 0 radical (unpaired) electrons. The van der Waals surface area contributed by atoms with Crippen LogP contribution in [0.3, 0.4) is 0 Å². The molecule has 1 fully saturated rings. The average molecular weight is 478 g/mol. The lowest BCUT2D eigenvalue weighted by Crippen LogP contribution is -2.55. The Bertz CT molecular complexity index is 1150. The van der Waals surface area contributed by atoms with Crippen molar-refractivity contribution in [2.75, 3.05) is 31.1 Å². The van der Waals surface area contributed by atoms with E-state index >= 15 is 0 Å². The third-order valence-corrected chi connectivity index (χ3v) is 6.03. The summed E-state index contributed by atoms with van der Waals surface area (Å²) in [5.41, 5.74) is -0.809. The van der Waals surface area contributed by atoms with Crippen LogP contribution in [-0.4, -0.2) is 69.6 Å². The van der Waals surface area contributed by atoms with E-state index in [1.807, 2.05) is 4.90 Å². The van der Waals surface area contributed by atoms with Gasteiger partial charge in [0.2, 0.25) is 5.91 Å². The molecule has 1 aromatic heterocycles. The second kappa shape index (κ2) is 8.36. The normalized spacial score (nSPS) is 16.9. The highest BCUT2D eigenvalue weighted by molar-refractivity contribution is 6.36. The third-order valence-electron chi connectivity index (χ3n) is 5.54. The highest BCUT2D eigenvalue weighted by Gasteiger charge is 2.45. The van der Waals surface area contributed by atoms with Gasteiger partial charge in [-0.15, -0.1) is 0 Å². The molecule has 0 aliphatic carbocycles. The topological polar surface area (TPSA) is 117 Å². The fourth-order valence-electron chi connectivity index (χ4n) is 3.94. The monoisotopic (exact) mass is 477 g/mol. The van der Waals surface area contributed by atoms with Crippen molar-refractivity contribution in [1.29, 1.82) is 0 Å². The quantitative estimate of drug-likeness (QED) is 0.377. The number of anilines is 1. The molecule has 2 aromatic rings. The van der Waals surface area contributed by atoms with Crippen molar-refractivity contribution >= 4 is 52.4 Å². The smallest absolute Gasteiger partial charge is 0.282 e. The fourth-order valence-corrected chi connectivity index (χ4v) is 4.44. The molecule has 1 atom stereocenters. The lowest BCUT2D eigenvalue weighted by atomic mass is 10.1. The van der Waals surface area contributed by atoms with E-state index in [-0.39, 0.29) is 11.1 Å². The number of fused-ring (bicyclic) bond motifs is 1. The SMILES string of the molecule is CC(C(=O)N1CCN(c2ncc(Cl)cc2Cl)CC1)N1C(=O)c2cccc([N+](=O)[O-])c2C1=O. The van der Waals surface area contributed by atoms with E-state index in [2.05, 4.69) is 4.98 Å². The number of benzene rings is 1. The van der Waals surface area contributed by atoms with Crippen LogP contribution < -0.4 is 4.90 Å². The maximum atomic E-state index is 13.1. The number of imide groups is 1. The molecule has 0 N–H and O–H groups in total. The summed E-state index contributed by atoms with van der Waals surface area (Å²) in [4.78, 5) is 57.8. The second-order valence-electron chi connectivity index (χ2n) is 7.38. The molecule has 12 heteroatoms. The van der Waals surface area contributed by atoms with E-state index in [1.54, 1.807) is 11.0 Å². The van der Waals surface area contributed by atoms with Gasteiger partial charge in [0, 0.05) is 38.4 Å². The van der Waals surface area contributed by atoms with E-state index in [9.17, 15) is 24.5 Å². The van der Waals surface area contributed by atoms with Gasteiger partial charge in [0.05, 0.1) is 20.5 Å². The average Bonchev–Trinajstić information content (AvgIpc) is 3.03. The lowest BCUT2D eigenvalue weighted by Gasteiger charge is -2.37. The molecule has 1 saturated heterocycles. The molecule has 3 amide bonds. The number of hydrogen-bond donors (Lipinski definition) is 0. The van der Waals surface area contributed by atoms with Crippen LogP contribution in [0.2, 0.25) is 10.0 Å². The van der Waals surface area contributed by atoms with Gasteiger partial charge in [-0.05, 0) is 19.1 Å². The Morgan fingerprint density at radius 3 is 2.47 bits per heavy atom. The zero-order valence-corrected chi connectivity index (χ0v) is 18.3. The number of halogens is 2. The fraction of sp³-hybridized carbons (Fsp3) is 0.300. The van der Waals surface area contributed by atoms with Crippen molar-refractivity contribution < 1.29 is 19.3 Å². The first-order valence-corrected chi connectivity index (χ1v) is 10.5. The van der Waals surface area contributed by atoms with Crippen LogP contribution in [0.25, 0.3) is 0 Å². The molecule has 4 rings (SSSR count). The number of aromatic nitrogens is 1. The molecule has 10 nitrogen and oxygen atoms in total. The number of rotatable bonds is 4. The van der Waals surface area contributed by atoms with E-state index < -0.39 is 34.4 Å². The van der Waals surface area contributed by atoms with Gasteiger partial charge in [-0.1, -0.05) is 29.3 Å². The van der Waals surface area contributed by atoms with Gasteiger partial charge in [-0.25, -0.2) is 4.98 Å². The number of nitro benzene ring substituents is 1. The third kappa shape index (κ3) is 3.65. The van der Waals surface area contributed by atoms with Crippen LogP contribution in [-0.2, 0) is 4.79 Å². The number of piperazine rings is 1. The summed E-state index contributed by atoms with van der Waals surface area (Å²) in [7, 11) is 0. The maximum Gasteiger partial charge on any atom is 0.282 e. The number of pyridine rings is 1. The van der Waals surface area contributed by atoms with Gasteiger partial charge in [0.1, 0.15) is 17.4 Å². The van der Waals surface area contributed by atoms with Crippen molar-refractivity contribution in [3.63, 3.8) is 0 Å². The number of amides is 3. The summed E-state index contributed by atoms with van der Waals surface area (Å²) in [6.45, 7) is 2.99. The molecule has 0 saturated carbocycles. The van der Waals surface area contributed by atoms with E-state index in [4.69, 9.17) is 23.2 Å². The molecule has 3 heterocycles. The van der Waals surface area contributed by atoms with Crippen LogP contribution in [0, 0.1) is 10.1 Å². The Kier molecular flexibility index (Phi) is 5.74.